The second-order valence-electron chi connectivity index (χ2n) is 4.49. The molecular weight excluding hydrogens is 234 g/mol. The van der Waals surface area contributed by atoms with Gasteiger partial charge in [-0.25, -0.2) is 14.8 Å². The van der Waals surface area contributed by atoms with Crippen LogP contribution in [0.3, 0.4) is 0 Å². The number of carboxylic acid groups (broad SMARTS) is 1. The molecule has 2 rings (SSSR count). The number of piperidine rings is 1. The van der Waals surface area contributed by atoms with Crippen LogP contribution in [0.25, 0.3) is 0 Å². The number of nitrogens with zero attached hydrogens (tertiary/aromatic N) is 3. The predicted molar refractivity (Wildman–Crippen MR) is 65.8 cm³/mol. The summed E-state index contributed by atoms with van der Waals surface area (Å²) in [6.07, 6.45) is 4.94. The molecule has 0 radical (unpaired) electrons. The standard InChI is InChI=1S/C12H17N3O3/c1-18-8-9-3-2-4-15(7-9)12-13-5-10(6-14-12)11(16)17/h5-6,9H,2-4,7-8H2,1H3,(H,16,17). The number of aromatic nitrogens is 2. The van der Waals surface area contributed by atoms with Crippen LogP contribution in [0.5, 0.6) is 0 Å². The van der Waals surface area contributed by atoms with Crippen LogP contribution in [-0.2, 0) is 4.74 Å². The number of ether oxygens (including phenoxy) is 1. The number of methoxy groups -OCH3 is 1. The van der Waals surface area contributed by atoms with Gasteiger partial charge in [-0.1, -0.05) is 0 Å². The molecule has 98 valence electrons. The molecule has 1 aliphatic rings. The second kappa shape index (κ2) is 5.77. The largest absolute Gasteiger partial charge is 0.478 e. The minimum atomic E-state index is -1.00. The minimum Gasteiger partial charge on any atom is -0.478 e. The fourth-order valence-electron chi connectivity index (χ4n) is 2.21. The van der Waals surface area contributed by atoms with Crippen molar-refractivity contribution in [1.29, 1.82) is 0 Å². The van der Waals surface area contributed by atoms with E-state index in [1.54, 1.807) is 7.11 Å². The van der Waals surface area contributed by atoms with E-state index in [0.29, 0.717) is 11.9 Å². The molecule has 0 saturated carbocycles. The number of carbonyl (C=O) groups is 1. The Labute approximate surface area is 106 Å². The maximum atomic E-state index is 10.7. The zero-order valence-corrected chi connectivity index (χ0v) is 10.4. The van der Waals surface area contributed by atoms with Gasteiger partial charge in [0.05, 0.1) is 12.2 Å². The minimum absolute atomic E-state index is 0.115. The van der Waals surface area contributed by atoms with E-state index in [1.165, 1.54) is 12.4 Å². The molecule has 1 aliphatic heterocycles. The summed E-state index contributed by atoms with van der Waals surface area (Å²) in [4.78, 5) is 21.0. The van der Waals surface area contributed by atoms with Gasteiger partial charge in [-0.15, -0.1) is 0 Å². The number of anilines is 1. The maximum Gasteiger partial charge on any atom is 0.338 e. The third-order valence-corrected chi connectivity index (χ3v) is 3.09. The first-order chi connectivity index (χ1) is 8.70. The fourth-order valence-corrected chi connectivity index (χ4v) is 2.21. The van der Waals surface area contributed by atoms with E-state index in [2.05, 4.69) is 14.9 Å². The zero-order valence-electron chi connectivity index (χ0n) is 10.4. The Balaban J connectivity index is 2.04. The van der Waals surface area contributed by atoms with Crippen LogP contribution in [0.2, 0.25) is 0 Å². The second-order valence-corrected chi connectivity index (χ2v) is 4.49. The molecular formula is C12H17N3O3. The molecule has 1 aromatic rings. The predicted octanol–water partition coefficient (Wildman–Crippen LogP) is 1.04. The Morgan fingerprint density at radius 2 is 2.28 bits per heavy atom. The van der Waals surface area contributed by atoms with Gasteiger partial charge in [0.25, 0.3) is 0 Å². The molecule has 1 saturated heterocycles. The highest BCUT2D eigenvalue weighted by molar-refractivity contribution is 5.86. The molecule has 0 spiro atoms. The van der Waals surface area contributed by atoms with Crippen molar-refractivity contribution in [2.45, 2.75) is 12.8 Å². The highest BCUT2D eigenvalue weighted by Gasteiger charge is 2.21. The summed E-state index contributed by atoms with van der Waals surface area (Å²) in [7, 11) is 1.71. The normalized spacial score (nSPS) is 19.8. The van der Waals surface area contributed by atoms with Crippen LogP contribution in [0.15, 0.2) is 12.4 Å². The SMILES string of the molecule is COCC1CCCN(c2ncc(C(=O)O)cn2)C1. The monoisotopic (exact) mass is 251 g/mol. The van der Waals surface area contributed by atoms with E-state index in [0.717, 1.165) is 32.5 Å². The summed E-state index contributed by atoms with van der Waals surface area (Å²) in [5, 5.41) is 8.79. The summed E-state index contributed by atoms with van der Waals surface area (Å²) in [5.74, 6) is 0.0877. The molecule has 1 atom stereocenters. The molecule has 1 aromatic heterocycles. The zero-order chi connectivity index (χ0) is 13.0. The third kappa shape index (κ3) is 2.95. The lowest BCUT2D eigenvalue weighted by molar-refractivity contribution is 0.0696. The average molecular weight is 251 g/mol. The first-order valence-corrected chi connectivity index (χ1v) is 6.00. The van der Waals surface area contributed by atoms with Gasteiger partial charge in [0.2, 0.25) is 5.95 Å². The van der Waals surface area contributed by atoms with Gasteiger partial charge in [-0.3, -0.25) is 0 Å². The highest BCUT2D eigenvalue weighted by Crippen LogP contribution is 2.20. The maximum absolute atomic E-state index is 10.7. The van der Waals surface area contributed by atoms with Crippen molar-refractivity contribution in [2.24, 2.45) is 5.92 Å². The van der Waals surface area contributed by atoms with Crippen LogP contribution in [-0.4, -0.2) is 47.8 Å². The molecule has 1 N–H and O–H groups in total. The highest BCUT2D eigenvalue weighted by atomic mass is 16.5. The molecule has 0 bridgehead atoms. The molecule has 0 aromatic carbocycles. The van der Waals surface area contributed by atoms with Crippen LogP contribution in [0.4, 0.5) is 5.95 Å². The van der Waals surface area contributed by atoms with Crippen molar-refractivity contribution < 1.29 is 14.6 Å². The average Bonchev–Trinajstić information content (AvgIpc) is 2.39. The lowest BCUT2D eigenvalue weighted by Crippen LogP contribution is -2.38. The number of carboxylic acids is 1. The van der Waals surface area contributed by atoms with Crippen LogP contribution in [0, 0.1) is 5.92 Å². The quantitative estimate of drug-likeness (QED) is 0.861. The summed E-state index contributed by atoms with van der Waals surface area (Å²) in [6, 6.07) is 0. The van der Waals surface area contributed by atoms with Crippen LogP contribution < -0.4 is 4.90 Å². The van der Waals surface area contributed by atoms with Crippen molar-refractivity contribution in [3.63, 3.8) is 0 Å². The smallest absolute Gasteiger partial charge is 0.338 e. The van der Waals surface area contributed by atoms with Gasteiger partial charge in [-0.2, -0.15) is 0 Å². The molecule has 2 heterocycles. The first-order valence-electron chi connectivity index (χ1n) is 6.00. The molecule has 18 heavy (non-hydrogen) atoms. The summed E-state index contributed by atoms with van der Waals surface area (Å²) in [6.45, 7) is 2.51. The van der Waals surface area contributed by atoms with Gasteiger partial charge in [0.15, 0.2) is 0 Å². The van der Waals surface area contributed by atoms with Crippen LogP contribution in [0.1, 0.15) is 23.2 Å². The van der Waals surface area contributed by atoms with Gasteiger partial charge >= 0.3 is 5.97 Å². The van der Waals surface area contributed by atoms with E-state index in [1.807, 2.05) is 0 Å². The number of aromatic carboxylic acids is 1. The Morgan fingerprint density at radius 3 is 2.89 bits per heavy atom. The van der Waals surface area contributed by atoms with Crippen molar-refractivity contribution in [3.05, 3.63) is 18.0 Å². The number of hydrogen-bond acceptors (Lipinski definition) is 5. The first kappa shape index (κ1) is 12.8. The summed E-state index contributed by atoms with van der Waals surface area (Å²) >= 11 is 0. The number of rotatable bonds is 4. The van der Waals surface area contributed by atoms with E-state index < -0.39 is 5.97 Å². The van der Waals surface area contributed by atoms with Gasteiger partial charge in [-0.05, 0) is 18.8 Å². The molecule has 0 aliphatic carbocycles. The van der Waals surface area contributed by atoms with Crippen molar-refractivity contribution >= 4 is 11.9 Å². The lowest BCUT2D eigenvalue weighted by Gasteiger charge is -2.32. The van der Waals surface area contributed by atoms with Gasteiger partial charge in [0.1, 0.15) is 0 Å². The van der Waals surface area contributed by atoms with Gasteiger partial charge < -0.3 is 14.7 Å². The van der Waals surface area contributed by atoms with E-state index >= 15 is 0 Å². The molecule has 1 fully saturated rings. The summed E-state index contributed by atoms with van der Waals surface area (Å²) in [5.41, 5.74) is 0.115. The van der Waals surface area contributed by atoms with Crippen molar-refractivity contribution in [2.75, 3.05) is 31.7 Å². The Bertz CT molecular complexity index is 406. The Kier molecular flexibility index (Phi) is 4.09. The Morgan fingerprint density at radius 1 is 1.56 bits per heavy atom. The van der Waals surface area contributed by atoms with Crippen molar-refractivity contribution in [1.82, 2.24) is 9.97 Å². The molecule has 6 nitrogen and oxygen atoms in total. The van der Waals surface area contributed by atoms with Crippen LogP contribution >= 0.6 is 0 Å². The fraction of sp³-hybridized carbons (Fsp3) is 0.583. The molecule has 0 amide bonds. The van der Waals surface area contributed by atoms with E-state index in [9.17, 15) is 4.79 Å². The summed E-state index contributed by atoms with van der Waals surface area (Å²) < 4.78 is 5.17. The molecule has 1 unspecified atom stereocenters. The Hall–Kier alpha value is -1.69. The van der Waals surface area contributed by atoms with Crippen molar-refractivity contribution in [3.8, 4) is 0 Å². The topological polar surface area (TPSA) is 75.5 Å². The van der Waals surface area contributed by atoms with E-state index in [4.69, 9.17) is 9.84 Å². The number of hydrogen-bond donors (Lipinski definition) is 1. The van der Waals surface area contributed by atoms with E-state index in [-0.39, 0.29) is 5.56 Å². The van der Waals surface area contributed by atoms with Gasteiger partial charge in [0, 0.05) is 32.6 Å². The third-order valence-electron chi connectivity index (χ3n) is 3.09. The lowest BCUT2D eigenvalue weighted by atomic mass is 9.99. The molecule has 6 heteroatoms.